The number of hydrogen-bond acceptors (Lipinski definition) is 7. The molecule has 0 radical (unpaired) electrons. The molecule has 3 fully saturated rings. The predicted molar refractivity (Wildman–Crippen MR) is 198 cm³/mol. The predicted octanol–water partition coefficient (Wildman–Crippen LogP) is 9.58. The van der Waals surface area contributed by atoms with E-state index in [9.17, 15) is 15.2 Å². The Morgan fingerprint density at radius 1 is 0.765 bits per heavy atom. The molecule has 1 heterocycles. The summed E-state index contributed by atoms with van der Waals surface area (Å²) < 4.78 is 10.3. The van der Waals surface area contributed by atoms with Crippen LogP contribution < -0.4 is 0 Å². The van der Waals surface area contributed by atoms with Gasteiger partial charge in [-0.05, 0) is 84.5 Å². The number of carbonyl (C=O) groups is 1. The lowest BCUT2D eigenvalue weighted by molar-refractivity contribution is -0.0102. The number of benzene rings is 4. The molecule has 0 amide bonds. The van der Waals surface area contributed by atoms with Crippen LogP contribution in [-0.2, 0) is 26.7 Å². The van der Waals surface area contributed by atoms with Crippen molar-refractivity contribution < 1.29 is 19.4 Å². The van der Waals surface area contributed by atoms with E-state index in [1.165, 1.54) is 6.42 Å². The Balaban J connectivity index is 0.000000171. The van der Waals surface area contributed by atoms with Crippen molar-refractivity contribution in [1.29, 1.82) is 15.8 Å². The molecule has 4 aromatic carbocycles. The number of aliphatic hydroxyl groups is 1. The van der Waals surface area contributed by atoms with Crippen molar-refractivity contribution in [3.05, 3.63) is 140 Å². The summed E-state index contributed by atoms with van der Waals surface area (Å²) in [5, 5.41) is 38.2. The highest BCUT2D eigenvalue weighted by molar-refractivity contribution is 6.31. The number of epoxide rings is 1. The number of esters is 1. The van der Waals surface area contributed by atoms with Crippen molar-refractivity contribution in [2.75, 3.05) is 6.61 Å². The second-order valence-electron chi connectivity index (χ2n) is 12.6. The second kappa shape index (κ2) is 18.7. The van der Waals surface area contributed by atoms with E-state index in [2.05, 4.69) is 25.1 Å². The van der Waals surface area contributed by atoms with Gasteiger partial charge in [0.15, 0.2) is 0 Å². The van der Waals surface area contributed by atoms with Crippen LogP contribution >= 0.6 is 34.8 Å². The summed E-state index contributed by atoms with van der Waals surface area (Å²) in [5.41, 5.74) is 2.35. The molecule has 0 bridgehead atoms. The second-order valence-corrected chi connectivity index (χ2v) is 13.9. The monoisotopic (exact) mass is 741 g/mol. The van der Waals surface area contributed by atoms with Crippen LogP contribution in [0.25, 0.3) is 0 Å². The first-order valence-electron chi connectivity index (χ1n) is 16.6. The number of hydrogen-bond donors (Lipinski definition) is 1. The third-order valence-electron chi connectivity index (χ3n) is 8.88. The molecule has 4 aromatic rings. The molecule has 1 N–H and O–H groups in total. The molecule has 7 nitrogen and oxygen atoms in total. The van der Waals surface area contributed by atoms with E-state index < -0.39 is 10.8 Å². The highest BCUT2D eigenvalue weighted by atomic mass is 35.5. The zero-order valence-electron chi connectivity index (χ0n) is 28.1. The highest BCUT2D eigenvalue weighted by Gasteiger charge is 2.48. The van der Waals surface area contributed by atoms with E-state index in [4.69, 9.17) is 54.8 Å². The van der Waals surface area contributed by atoms with Crippen LogP contribution in [-0.4, -0.2) is 36.0 Å². The fourth-order valence-corrected chi connectivity index (χ4v) is 6.04. The van der Waals surface area contributed by atoms with Crippen LogP contribution in [0.5, 0.6) is 0 Å². The number of aliphatic hydroxyl groups excluding tert-OH is 1. The number of ether oxygens (including phenoxy) is 2. The number of halogens is 3. The zero-order valence-corrected chi connectivity index (χ0v) is 30.4. The quantitative estimate of drug-likeness (QED) is 0.154. The van der Waals surface area contributed by atoms with Gasteiger partial charge in [-0.25, -0.2) is 4.79 Å². The van der Waals surface area contributed by atoms with Gasteiger partial charge < -0.3 is 14.6 Å². The summed E-state index contributed by atoms with van der Waals surface area (Å²) >= 11 is 17.3. The van der Waals surface area contributed by atoms with Gasteiger partial charge in [0.2, 0.25) is 0 Å². The maximum Gasteiger partial charge on any atom is 0.338 e. The Hall–Kier alpha value is -4.39. The Bertz CT molecular complexity index is 1830. The van der Waals surface area contributed by atoms with E-state index in [1.54, 1.807) is 60.7 Å². The minimum atomic E-state index is -0.577. The van der Waals surface area contributed by atoms with Gasteiger partial charge in [-0.3, -0.25) is 0 Å². The Labute approximate surface area is 314 Å². The molecule has 7 rings (SSSR count). The first-order chi connectivity index (χ1) is 24.5. The fraction of sp³-hybridized carbons (Fsp3) is 0.317. The summed E-state index contributed by atoms with van der Waals surface area (Å²) in [5.74, 6) is -0.340. The molecule has 0 unspecified atom stereocenters. The molecule has 51 heavy (non-hydrogen) atoms. The van der Waals surface area contributed by atoms with E-state index in [-0.39, 0.29) is 18.2 Å². The standard InChI is InChI=1S/C18H14ClNO2.C11H10ClNO.C8H6ClN.C4H8O/c19-15-8-6-14(7-9-15)18(12-20)10-16(11-18)22-17(21)13-4-2-1-3-5-13;12-9-3-1-8(2-4-9)11(7-13)5-10(14)6-11;9-8-3-1-7(2-4-8)5-6-10;1-2-4-3-5-4/h1-9,16H,10-11H2;1-4,10,14H,5-6H2;1-4H,5H2;4H,2-3H2,1H3/t;;;4-/m...1/s1. The lowest BCUT2D eigenvalue weighted by Gasteiger charge is -2.42. The highest BCUT2D eigenvalue weighted by Crippen LogP contribution is 2.45. The number of carbonyl (C=O) groups excluding carboxylic acids is 1. The van der Waals surface area contributed by atoms with Crippen LogP contribution in [0.1, 0.15) is 66.1 Å². The fourth-order valence-electron chi connectivity index (χ4n) is 5.66. The van der Waals surface area contributed by atoms with Gasteiger partial charge >= 0.3 is 5.97 Å². The summed E-state index contributed by atoms with van der Waals surface area (Å²) in [6, 6.07) is 37.4. The summed E-state index contributed by atoms with van der Waals surface area (Å²) in [4.78, 5) is 12.0. The van der Waals surface area contributed by atoms with Crippen LogP contribution in [0.2, 0.25) is 15.1 Å². The van der Waals surface area contributed by atoms with Crippen molar-refractivity contribution in [1.82, 2.24) is 0 Å². The van der Waals surface area contributed by atoms with Crippen LogP contribution in [0.4, 0.5) is 0 Å². The van der Waals surface area contributed by atoms with Crippen LogP contribution in [0, 0.1) is 34.0 Å². The molecule has 1 atom stereocenters. The van der Waals surface area contributed by atoms with Crippen molar-refractivity contribution in [2.45, 2.75) is 74.6 Å². The molecule has 2 aliphatic carbocycles. The molecule has 1 aliphatic heterocycles. The van der Waals surface area contributed by atoms with Gasteiger partial charge in [-0.2, -0.15) is 15.8 Å². The Morgan fingerprint density at radius 2 is 1.22 bits per heavy atom. The average molecular weight is 743 g/mol. The molecule has 0 spiro atoms. The average Bonchev–Trinajstić information content (AvgIpc) is 3.97. The lowest BCUT2D eigenvalue weighted by atomic mass is 9.63. The molecular weight excluding hydrogens is 705 g/mol. The molecule has 10 heteroatoms. The van der Waals surface area contributed by atoms with E-state index >= 15 is 0 Å². The first-order valence-corrected chi connectivity index (χ1v) is 17.7. The molecule has 1 saturated heterocycles. The lowest BCUT2D eigenvalue weighted by Crippen LogP contribution is -2.45. The summed E-state index contributed by atoms with van der Waals surface area (Å²) in [6.45, 7) is 3.15. The third-order valence-corrected chi connectivity index (χ3v) is 9.64. The van der Waals surface area contributed by atoms with E-state index in [0.717, 1.165) is 23.3 Å². The molecule has 262 valence electrons. The van der Waals surface area contributed by atoms with Crippen molar-refractivity contribution in [3.8, 4) is 18.2 Å². The van der Waals surface area contributed by atoms with E-state index in [0.29, 0.717) is 58.8 Å². The Kier molecular flexibility index (Phi) is 14.5. The van der Waals surface area contributed by atoms with Crippen molar-refractivity contribution in [3.63, 3.8) is 0 Å². The normalized spacial score (nSPS) is 23.5. The molecule has 2 saturated carbocycles. The summed E-state index contributed by atoms with van der Waals surface area (Å²) in [6.07, 6.45) is 3.84. The molecule has 0 aromatic heterocycles. The third kappa shape index (κ3) is 11.3. The van der Waals surface area contributed by atoms with Gasteiger partial charge in [0, 0.05) is 27.9 Å². The first kappa shape index (κ1) is 39.4. The van der Waals surface area contributed by atoms with Gasteiger partial charge in [0.1, 0.15) is 6.10 Å². The maximum absolute atomic E-state index is 12.0. The SMILES string of the molecule is CC[C@@H]1CO1.N#CC1(c2ccc(Cl)cc2)CC(O)C1.N#CC1(c2ccc(Cl)cc2)CC(OC(=O)c2ccccc2)C1.N#CCc1ccc(Cl)cc1. The Morgan fingerprint density at radius 3 is 1.59 bits per heavy atom. The maximum atomic E-state index is 12.0. The smallest absolute Gasteiger partial charge is 0.338 e. The molecule has 3 aliphatic rings. The zero-order chi connectivity index (χ0) is 36.9. The molecular formula is C41H38Cl3N3O4. The van der Waals surface area contributed by atoms with Crippen molar-refractivity contribution >= 4 is 40.8 Å². The van der Waals surface area contributed by atoms with Crippen LogP contribution in [0.15, 0.2) is 103 Å². The minimum Gasteiger partial charge on any atom is -0.459 e. The summed E-state index contributed by atoms with van der Waals surface area (Å²) in [7, 11) is 0. The minimum absolute atomic E-state index is 0.219. The van der Waals surface area contributed by atoms with Crippen LogP contribution in [0.3, 0.4) is 0 Å². The number of nitrogens with zero attached hydrogens (tertiary/aromatic N) is 3. The van der Waals surface area contributed by atoms with Gasteiger partial charge in [-0.15, -0.1) is 0 Å². The van der Waals surface area contributed by atoms with Crippen molar-refractivity contribution in [2.24, 2.45) is 0 Å². The van der Waals surface area contributed by atoms with E-state index in [1.807, 2.05) is 42.5 Å². The topological polar surface area (TPSA) is 130 Å². The van der Waals surface area contributed by atoms with Gasteiger partial charge in [-0.1, -0.05) is 96.3 Å². The largest absolute Gasteiger partial charge is 0.459 e. The number of rotatable bonds is 6. The number of nitriles is 3. The van der Waals surface area contributed by atoms with Gasteiger partial charge in [0.25, 0.3) is 0 Å². The van der Waals surface area contributed by atoms with Gasteiger partial charge in [0.05, 0.1) is 59.8 Å².